The van der Waals surface area contributed by atoms with Crippen molar-refractivity contribution in [1.29, 1.82) is 0 Å². The quantitative estimate of drug-likeness (QED) is 0.269. The molecule has 0 saturated carbocycles. The van der Waals surface area contributed by atoms with Crippen molar-refractivity contribution < 1.29 is 32.6 Å². The summed E-state index contributed by atoms with van der Waals surface area (Å²) in [5, 5.41) is 12.7. The number of carboxylic acid groups (broad SMARTS) is 1. The zero-order valence-electron chi connectivity index (χ0n) is 25.5. The van der Waals surface area contributed by atoms with Crippen LogP contribution in [-0.2, 0) is 4.79 Å². The molecule has 2 atom stereocenters. The highest BCUT2D eigenvalue weighted by Gasteiger charge is 2.46. The lowest BCUT2D eigenvalue weighted by Crippen LogP contribution is -2.41. The van der Waals surface area contributed by atoms with Crippen molar-refractivity contribution in [2.45, 2.75) is 51.4 Å². The second-order valence-electron chi connectivity index (χ2n) is 11.7. The van der Waals surface area contributed by atoms with E-state index in [1.807, 2.05) is 18.7 Å². The highest BCUT2D eigenvalue weighted by atomic mass is 35.5. The van der Waals surface area contributed by atoms with Gasteiger partial charge in [0.05, 0.1) is 0 Å². The predicted molar refractivity (Wildman–Crippen MR) is 168 cm³/mol. The molecule has 1 amide bonds. The molecule has 246 valence electrons. The number of hydrogen-bond donors (Lipinski definition) is 3. The van der Waals surface area contributed by atoms with E-state index in [9.17, 15) is 27.9 Å². The number of hydrogen-bond acceptors (Lipinski definition) is 8. The Morgan fingerprint density at radius 1 is 1.15 bits per heavy atom. The number of ether oxygens (including phenoxy) is 1. The molecule has 5 rings (SSSR count). The second-order valence-corrected chi connectivity index (χ2v) is 12.2. The van der Waals surface area contributed by atoms with Gasteiger partial charge in [0.2, 0.25) is 17.9 Å². The van der Waals surface area contributed by atoms with Gasteiger partial charge in [-0.15, -0.1) is 0 Å². The molecule has 2 unspecified atom stereocenters. The number of aliphatic carboxylic acids is 1. The number of nitrogen functional groups attached to an aromatic ring is 1. The SMILES string of the molecule is CCN(CC)C(=O)c1cccc(-c2cc(Cl)ccc2C(Oc2cc(N3CCC4(CC3)CNC(C(=O)O)C4)nc(N)n2)C(F)(F)F)c1. The van der Waals surface area contributed by atoms with Crippen molar-refractivity contribution in [3.8, 4) is 17.0 Å². The van der Waals surface area contributed by atoms with E-state index in [1.165, 1.54) is 24.3 Å². The largest absolute Gasteiger partial charge is 0.480 e. The van der Waals surface area contributed by atoms with Crippen LogP contribution in [0.2, 0.25) is 5.02 Å². The van der Waals surface area contributed by atoms with Gasteiger partial charge in [-0.3, -0.25) is 9.59 Å². The number of amides is 1. The zero-order chi connectivity index (χ0) is 33.2. The fraction of sp³-hybridized carbons (Fsp3) is 0.438. The van der Waals surface area contributed by atoms with Gasteiger partial charge >= 0.3 is 12.1 Å². The first-order valence-corrected chi connectivity index (χ1v) is 15.5. The lowest BCUT2D eigenvalue weighted by Gasteiger charge is -2.39. The topological polar surface area (TPSA) is 134 Å². The minimum Gasteiger partial charge on any atom is -0.480 e. The molecule has 0 radical (unpaired) electrons. The summed E-state index contributed by atoms with van der Waals surface area (Å²) in [4.78, 5) is 36.2. The number of aromatic nitrogens is 2. The molecule has 0 aliphatic carbocycles. The Hall–Kier alpha value is -4.10. The average molecular weight is 661 g/mol. The third-order valence-corrected chi connectivity index (χ3v) is 9.05. The van der Waals surface area contributed by atoms with Gasteiger partial charge in [0, 0.05) is 54.9 Å². The van der Waals surface area contributed by atoms with Gasteiger partial charge in [-0.2, -0.15) is 23.1 Å². The number of piperidine rings is 1. The number of carbonyl (C=O) groups excluding carboxylic acids is 1. The Morgan fingerprint density at radius 3 is 2.50 bits per heavy atom. The highest BCUT2D eigenvalue weighted by molar-refractivity contribution is 6.30. The van der Waals surface area contributed by atoms with E-state index in [2.05, 4.69) is 15.3 Å². The first kappa shape index (κ1) is 33.3. The molecule has 2 aromatic carbocycles. The third kappa shape index (κ3) is 7.15. The van der Waals surface area contributed by atoms with Gasteiger partial charge in [-0.1, -0.05) is 29.8 Å². The van der Waals surface area contributed by atoms with Crippen molar-refractivity contribution in [2.75, 3.05) is 43.4 Å². The lowest BCUT2D eigenvalue weighted by molar-refractivity contribution is -0.198. The molecule has 1 spiro atoms. The summed E-state index contributed by atoms with van der Waals surface area (Å²) < 4.78 is 49.9. The fourth-order valence-corrected chi connectivity index (χ4v) is 6.46. The Balaban J connectivity index is 1.43. The zero-order valence-corrected chi connectivity index (χ0v) is 26.2. The van der Waals surface area contributed by atoms with E-state index >= 15 is 0 Å². The first-order chi connectivity index (χ1) is 21.8. The standard InChI is InChI=1S/C32H36ClF3N6O4/c1-3-41(4-2)28(43)20-7-5-6-19(14-20)23-15-21(33)8-9-22(23)27(32(34,35)36)46-26-16-25(39-30(37)40-26)42-12-10-31(11-13-42)17-24(29(44)45)38-18-31/h5-9,14-16,24,27,38H,3-4,10-13,17-18H2,1-2H3,(H,44,45)(H2,37,39,40). The maximum atomic E-state index is 14.8. The number of carbonyl (C=O) groups is 2. The summed E-state index contributed by atoms with van der Waals surface area (Å²) >= 11 is 6.27. The van der Waals surface area contributed by atoms with Gasteiger partial charge in [0.25, 0.3) is 5.91 Å². The molecule has 46 heavy (non-hydrogen) atoms. The monoisotopic (exact) mass is 660 g/mol. The van der Waals surface area contributed by atoms with Gasteiger partial charge in [-0.05, 0) is 73.9 Å². The Bertz CT molecular complexity index is 1590. The molecule has 3 heterocycles. The molecule has 2 fully saturated rings. The molecule has 14 heteroatoms. The van der Waals surface area contributed by atoms with Crippen LogP contribution in [0.4, 0.5) is 24.9 Å². The molecule has 2 saturated heterocycles. The van der Waals surface area contributed by atoms with Crippen LogP contribution in [0.25, 0.3) is 11.1 Å². The maximum Gasteiger partial charge on any atom is 0.429 e. The number of rotatable bonds is 9. The van der Waals surface area contributed by atoms with Crippen LogP contribution < -0.4 is 20.7 Å². The Kier molecular flexibility index (Phi) is 9.64. The lowest BCUT2D eigenvalue weighted by atomic mass is 9.76. The van der Waals surface area contributed by atoms with Gasteiger partial charge < -0.3 is 30.7 Å². The molecule has 2 aliphatic rings. The van der Waals surface area contributed by atoms with Gasteiger partial charge in [0.1, 0.15) is 11.9 Å². The van der Waals surface area contributed by atoms with Crippen LogP contribution in [0.1, 0.15) is 55.1 Å². The highest BCUT2D eigenvalue weighted by Crippen LogP contribution is 2.43. The van der Waals surface area contributed by atoms with E-state index in [0.717, 1.165) is 0 Å². The van der Waals surface area contributed by atoms with Crippen LogP contribution in [0.5, 0.6) is 5.88 Å². The summed E-state index contributed by atoms with van der Waals surface area (Å²) in [6, 6.07) is 11.2. The van der Waals surface area contributed by atoms with Gasteiger partial charge in [-0.25, -0.2) is 0 Å². The molecule has 1 aromatic heterocycles. The van der Waals surface area contributed by atoms with Crippen molar-refractivity contribution in [3.05, 3.63) is 64.7 Å². The fourth-order valence-electron chi connectivity index (χ4n) is 6.28. The van der Waals surface area contributed by atoms with Crippen LogP contribution in [-0.4, -0.2) is 76.8 Å². The summed E-state index contributed by atoms with van der Waals surface area (Å²) in [7, 11) is 0. The first-order valence-electron chi connectivity index (χ1n) is 15.1. The average Bonchev–Trinajstić information content (AvgIpc) is 3.44. The number of nitrogens with one attached hydrogen (secondary N) is 1. The van der Waals surface area contributed by atoms with E-state index in [0.29, 0.717) is 68.9 Å². The predicted octanol–water partition coefficient (Wildman–Crippen LogP) is 5.58. The number of halogens is 4. The van der Waals surface area contributed by atoms with Crippen LogP contribution in [0.3, 0.4) is 0 Å². The van der Waals surface area contributed by atoms with Crippen molar-refractivity contribution in [1.82, 2.24) is 20.2 Å². The van der Waals surface area contributed by atoms with E-state index < -0.39 is 24.3 Å². The summed E-state index contributed by atoms with van der Waals surface area (Å²) in [5.74, 6) is -1.41. The van der Waals surface area contributed by atoms with Crippen molar-refractivity contribution in [3.63, 3.8) is 0 Å². The Labute approximate surface area is 269 Å². The van der Waals surface area contributed by atoms with E-state index in [1.54, 1.807) is 29.2 Å². The number of alkyl halides is 3. The van der Waals surface area contributed by atoms with Crippen molar-refractivity contribution >= 4 is 35.2 Å². The van der Waals surface area contributed by atoms with Crippen LogP contribution in [0, 0.1) is 5.41 Å². The van der Waals surface area contributed by atoms with Crippen LogP contribution >= 0.6 is 11.6 Å². The van der Waals surface area contributed by atoms with E-state index in [-0.39, 0.29) is 39.3 Å². The minimum atomic E-state index is -4.87. The second kappa shape index (κ2) is 13.3. The summed E-state index contributed by atoms with van der Waals surface area (Å²) in [6.45, 7) is 6.27. The number of nitrogens with two attached hydrogens (primary N) is 1. The molecular weight excluding hydrogens is 625 g/mol. The smallest absolute Gasteiger partial charge is 0.429 e. The van der Waals surface area contributed by atoms with Crippen molar-refractivity contribution in [2.24, 2.45) is 5.41 Å². The van der Waals surface area contributed by atoms with Gasteiger partial charge in [0.15, 0.2) is 0 Å². The number of benzene rings is 2. The normalized spacial score (nSPS) is 18.4. The number of carboxylic acids is 1. The maximum absolute atomic E-state index is 14.8. The molecule has 0 bridgehead atoms. The molecule has 4 N–H and O–H groups in total. The molecule has 3 aromatic rings. The molecule has 2 aliphatic heterocycles. The summed E-state index contributed by atoms with van der Waals surface area (Å²) in [6.07, 6.45) is -5.45. The Morgan fingerprint density at radius 2 is 1.87 bits per heavy atom. The summed E-state index contributed by atoms with van der Waals surface area (Å²) in [5.41, 5.74) is 6.41. The number of nitrogens with zero attached hydrogens (tertiary/aromatic N) is 4. The third-order valence-electron chi connectivity index (χ3n) is 8.82. The molecular formula is C32H36ClF3N6O4. The van der Waals surface area contributed by atoms with E-state index in [4.69, 9.17) is 22.1 Å². The minimum absolute atomic E-state index is 0.150. The van der Waals surface area contributed by atoms with Crippen LogP contribution in [0.15, 0.2) is 48.5 Å². The molecule has 10 nitrogen and oxygen atoms in total. The number of anilines is 2.